The zero-order valence-electron chi connectivity index (χ0n) is 26.8. The average Bonchev–Trinajstić information content (AvgIpc) is 3.01. The van der Waals surface area contributed by atoms with Gasteiger partial charge in [0, 0.05) is 19.0 Å². The second kappa shape index (κ2) is 18.6. The number of carbonyl (C=O) groups is 2. The Morgan fingerprint density at radius 2 is 1.74 bits per heavy atom. The van der Waals surface area contributed by atoms with Crippen molar-refractivity contribution in [3.8, 4) is 0 Å². The van der Waals surface area contributed by atoms with E-state index in [0.29, 0.717) is 25.4 Å². The van der Waals surface area contributed by atoms with E-state index in [9.17, 15) is 19.8 Å². The molecule has 5 N–H and O–H groups in total. The highest BCUT2D eigenvalue weighted by Gasteiger charge is 2.45. The van der Waals surface area contributed by atoms with Gasteiger partial charge in [-0.3, -0.25) is 4.79 Å². The van der Waals surface area contributed by atoms with Crippen molar-refractivity contribution in [3.63, 3.8) is 0 Å². The molecule has 2 aliphatic rings. The Kier molecular flexibility index (Phi) is 15.2. The van der Waals surface area contributed by atoms with Crippen LogP contribution in [0.25, 0.3) is 0 Å². The quantitative estimate of drug-likeness (QED) is 0.279. The summed E-state index contributed by atoms with van der Waals surface area (Å²) in [6, 6.07) is 8.50. The Bertz CT molecular complexity index is 949. The lowest BCUT2D eigenvalue weighted by Gasteiger charge is -2.43. The van der Waals surface area contributed by atoms with Crippen molar-refractivity contribution in [3.05, 3.63) is 35.9 Å². The molecule has 9 nitrogen and oxygen atoms in total. The van der Waals surface area contributed by atoms with Crippen LogP contribution in [0.2, 0.25) is 0 Å². The van der Waals surface area contributed by atoms with Gasteiger partial charge in [-0.05, 0) is 69.3 Å². The Balaban J connectivity index is 1.65. The van der Waals surface area contributed by atoms with Crippen LogP contribution in [0.3, 0.4) is 0 Å². The van der Waals surface area contributed by atoms with Crippen molar-refractivity contribution in [1.82, 2.24) is 16.0 Å². The fraction of sp³-hybridized carbons (Fsp3) is 0.765. The van der Waals surface area contributed by atoms with E-state index in [-0.39, 0.29) is 23.8 Å². The van der Waals surface area contributed by atoms with E-state index in [0.717, 1.165) is 69.8 Å². The molecule has 9 heteroatoms. The number of hydrogen-bond donors (Lipinski definition) is 5. The first-order valence-corrected chi connectivity index (χ1v) is 16.8. The predicted molar refractivity (Wildman–Crippen MR) is 168 cm³/mol. The van der Waals surface area contributed by atoms with Crippen molar-refractivity contribution in [2.45, 2.75) is 135 Å². The molecule has 0 aliphatic carbocycles. The summed E-state index contributed by atoms with van der Waals surface area (Å²) in [6.45, 7) is 9.29. The maximum atomic E-state index is 12.7. The van der Waals surface area contributed by atoms with E-state index >= 15 is 0 Å². The van der Waals surface area contributed by atoms with Crippen LogP contribution < -0.4 is 16.0 Å². The number of benzene rings is 1. The molecule has 0 spiro atoms. The van der Waals surface area contributed by atoms with Crippen molar-refractivity contribution in [2.75, 3.05) is 13.1 Å². The molecule has 1 aromatic rings. The van der Waals surface area contributed by atoms with E-state index in [2.05, 4.69) is 36.7 Å². The molecular weight excluding hydrogens is 546 g/mol. The number of ether oxygens (including phenoxy) is 2. The van der Waals surface area contributed by atoms with Crippen molar-refractivity contribution < 1.29 is 29.3 Å². The van der Waals surface area contributed by atoms with Crippen LogP contribution >= 0.6 is 0 Å². The summed E-state index contributed by atoms with van der Waals surface area (Å²) in [4.78, 5) is 25.5. The van der Waals surface area contributed by atoms with E-state index < -0.39 is 36.7 Å². The van der Waals surface area contributed by atoms with Crippen molar-refractivity contribution >= 4 is 11.9 Å². The van der Waals surface area contributed by atoms with Gasteiger partial charge in [-0.2, -0.15) is 0 Å². The van der Waals surface area contributed by atoms with E-state index in [1.54, 1.807) is 6.92 Å². The lowest BCUT2D eigenvalue weighted by atomic mass is 9.85. The number of rotatable bonds is 9. The van der Waals surface area contributed by atoms with Gasteiger partial charge in [0.05, 0.1) is 18.2 Å². The molecule has 9 atom stereocenters. The van der Waals surface area contributed by atoms with Gasteiger partial charge >= 0.3 is 6.03 Å². The van der Waals surface area contributed by atoms with Crippen LogP contribution in [-0.4, -0.2) is 72.0 Å². The van der Waals surface area contributed by atoms with Gasteiger partial charge in [0.25, 0.3) is 0 Å². The summed E-state index contributed by atoms with van der Waals surface area (Å²) < 4.78 is 12.6. The smallest absolute Gasteiger partial charge is 0.315 e. The largest absolute Gasteiger partial charge is 0.388 e. The normalized spacial score (nSPS) is 33.2. The van der Waals surface area contributed by atoms with Crippen LogP contribution in [0, 0.1) is 17.8 Å². The first-order chi connectivity index (χ1) is 20.8. The number of urea groups is 1. The van der Waals surface area contributed by atoms with Gasteiger partial charge < -0.3 is 35.6 Å². The van der Waals surface area contributed by atoms with E-state index in [1.165, 1.54) is 0 Å². The summed E-state index contributed by atoms with van der Waals surface area (Å²) in [5.74, 6) is 1.03. The SMILES string of the molecule is CC[C@H]1CCC[C@@H](CC)C(=O)NCCC[C@@H](CC)[C@H](O[C@@H]2O[C@@H](C)[C@H](O)[C@@H](NC(=O)NCCc3ccccc3)[C@H]2O)CC1. The standard InChI is InChI=1S/C34H57N3O6/c1-5-24-15-11-16-27(7-3)32(40)35-21-12-17-26(6-2)28(19-18-24)43-33-31(39)29(30(38)23(4)42-33)37-34(41)36-22-20-25-13-9-8-10-14-25/h8-10,13-14,23-24,26-31,33,38-39H,5-7,11-12,15-22H2,1-4H3,(H,35,40)(H2,36,37,41)/t23-,24-,26+,27+,28+,29+,30-,31+,33-/m0/s1. The van der Waals surface area contributed by atoms with Crippen LogP contribution in [-0.2, 0) is 20.7 Å². The van der Waals surface area contributed by atoms with Gasteiger partial charge in [0.15, 0.2) is 6.29 Å². The zero-order chi connectivity index (χ0) is 31.2. The minimum Gasteiger partial charge on any atom is -0.388 e. The molecule has 3 rings (SSSR count). The molecule has 2 fully saturated rings. The first-order valence-electron chi connectivity index (χ1n) is 16.8. The predicted octanol–water partition coefficient (Wildman–Crippen LogP) is 4.69. The highest BCUT2D eigenvalue weighted by atomic mass is 16.7. The van der Waals surface area contributed by atoms with Crippen LogP contribution in [0.1, 0.15) is 97.5 Å². The Morgan fingerprint density at radius 3 is 2.44 bits per heavy atom. The molecule has 2 heterocycles. The Labute approximate surface area is 258 Å². The first kappa shape index (κ1) is 35.3. The van der Waals surface area contributed by atoms with Gasteiger partial charge in [-0.1, -0.05) is 76.8 Å². The van der Waals surface area contributed by atoms with Crippen LogP contribution in [0.5, 0.6) is 0 Å². The third-order valence-electron chi connectivity index (χ3n) is 9.56. The molecule has 0 radical (unpaired) electrons. The zero-order valence-corrected chi connectivity index (χ0v) is 26.8. The molecule has 0 bridgehead atoms. The minimum atomic E-state index is -1.23. The molecule has 43 heavy (non-hydrogen) atoms. The number of hydrogen-bond acceptors (Lipinski definition) is 6. The summed E-state index contributed by atoms with van der Waals surface area (Å²) in [7, 11) is 0. The molecule has 0 saturated carbocycles. The number of nitrogens with one attached hydrogen (secondary N) is 3. The third kappa shape index (κ3) is 11.0. The van der Waals surface area contributed by atoms with Gasteiger partial charge in [-0.15, -0.1) is 0 Å². The average molecular weight is 604 g/mol. The van der Waals surface area contributed by atoms with Crippen molar-refractivity contribution in [2.24, 2.45) is 17.8 Å². The van der Waals surface area contributed by atoms with E-state index in [1.807, 2.05) is 30.3 Å². The molecule has 2 aliphatic heterocycles. The lowest BCUT2D eigenvalue weighted by Crippen LogP contribution is -2.65. The summed E-state index contributed by atoms with van der Waals surface area (Å²) >= 11 is 0. The van der Waals surface area contributed by atoms with Gasteiger partial charge in [0.1, 0.15) is 12.2 Å². The highest BCUT2D eigenvalue weighted by molar-refractivity contribution is 5.78. The second-order valence-electron chi connectivity index (χ2n) is 12.5. The fourth-order valence-corrected chi connectivity index (χ4v) is 6.57. The monoisotopic (exact) mass is 603 g/mol. The molecular formula is C34H57N3O6. The van der Waals surface area contributed by atoms with Gasteiger partial charge in [0.2, 0.25) is 5.91 Å². The van der Waals surface area contributed by atoms with Gasteiger partial charge in [-0.25, -0.2) is 4.79 Å². The maximum Gasteiger partial charge on any atom is 0.315 e. The summed E-state index contributed by atoms with van der Waals surface area (Å²) in [6.07, 6.45) is 6.10. The molecule has 2 saturated heterocycles. The molecule has 0 unspecified atom stereocenters. The number of carbonyl (C=O) groups excluding carboxylic acids is 2. The fourth-order valence-electron chi connectivity index (χ4n) is 6.57. The van der Waals surface area contributed by atoms with Crippen LogP contribution in [0.4, 0.5) is 4.79 Å². The Morgan fingerprint density at radius 1 is 0.977 bits per heavy atom. The third-order valence-corrected chi connectivity index (χ3v) is 9.56. The molecule has 244 valence electrons. The number of aliphatic hydroxyl groups excluding tert-OH is 2. The highest BCUT2D eigenvalue weighted by Crippen LogP contribution is 2.31. The lowest BCUT2D eigenvalue weighted by molar-refractivity contribution is -0.288. The minimum absolute atomic E-state index is 0.0910. The number of aliphatic hydroxyl groups is 2. The van der Waals surface area contributed by atoms with Crippen molar-refractivity contribution in [1.29, 1.82) is 0 Å². The van der Waals surface area contributed by atoms with Crippen LogP contribution in [0.15, 0.2) is 30.3 Å². The number of amides is 3. The van der Waals surface area contributed by atoms with E-state index in [4.69, 9.17) is 9.47 Å². The Hall–Kier alpha value is -2.20. The maximum absolute atomic E-state index is 12.7. The summed E-state index contributed by atoms with van der Waals surface area (Å²) in [5.41, 5.74) is 1.11. The second-order valence-corrected chi connectivity index (χ2v) is 12.5. The molecule has 1 aromatic carbocycles. The molecule has 3 amide bonds. The molecule has 0 aromatic heterocycles. The topological polar surface area (TPSA) is 129 Å². The summed E-state index contributed by atoms with van der Waals surface area (Å²) in [5, 5.41) is 30.9.